The molecular weight excluding hydrogens is 396 g/mol. The first-order valence-corrected chi connectivity index (χ1v) is 11.0. The van der Waals surface area contributed by atoms with Crippen LogP contribution in [0, 0.1) is 22.7 Å². The van der Waals surface area contributed by atoms with Gasteiger partial charge in [0.25, 0.3) is 0 Å². The van der Waals surface area contributed by atoms with Crippen LogP contribution in [0.1, 0.15) is 79.6 Å². The van der Waals surface area contributed by atoms with Gasteiger partial charge in [0.1, 0.15) is 0 Å². The summed E-state index contributed by atoms with van der Waals surface area (Å²) in [5, 5.41) is 21.7. The van der Waals surface area contributed by atoms with Crippen LogP contribution in [-0.2, 0) is 9.53 Å². The molecule has 0 aliphatic heterocycles. The lowest BCUT2D eigenvalue weighted by Gasteiger charge is -2.56. The molecule has 2 fully saturated rings. The first-order chi connectivity index (χ1) is 12.0. The largest absolute Gasteiger partial charge is 0.466 e. The number of halogens is 1. The Hall–Kier alpha value is -0.130. The Labute approximate surface area is 167 Å². The van der Waals surface area contributed by atoms with Crippen molar-refractivity contribution in [3.8, 4) is 0 Å². The van der Waals surface area contributed by atoms with Crippen molar-refractivity contribution < 1.29 is 19.7 Å². The lowest BCUT2D eigenvalue weighted by molar-refractivity contribution is -0.142. The standard InChI is InChI=1S/C21H37BrO4/c1-6-19(4)13-15(16-8-9-17(24)20(16,5)7-2)12-18(25)21(19,22)10-11-26-14(3)23/h15-18,24-25H,6-13H2,1-5H3/t15?,16?,17?,18-,19-,20+,21+/m1/s1. The van der Waals surface area contributed by atoms with Crippen molar-refractivity contribution in [2.24, 2.45) is 22.7 Å². The SMILES string of the molecule is CC[C@]1(C)C(O)CCC1C1C[C@@H](O)[C@@](Br)(CCOC(C)=O)[C@](C)(CC)C1. The summed E-state index contributed by atoms with van der Waals surface area (Å²) in [4.78, 5) is 11.1. The van der Waals surface area contributed by atoms with Crippen molar-refractivity contribution in [2.75, 3.05) is 6.61 Å². The summed E-state index contributed by atoms with van der Waals surface area (Å²) >= 11 is 3.90. The van der Waals surface area contributed by atoms with Gasteiger partial charge in [-0.2, -0.15) is 0 Å². The van der Waals surface area contributed by atoms with Crippen LogP contribution in [0.2, 0.25) is 0 Å². The van der Waals surface area contributed by atoms with Gasteiger partial charge in [-0.15, -0.1) is 0 Å². The van der Waals surface area contributed by atoms with Crippen LogP contribution >= 0.6 is 15.9 Å². The zero-order valence-electron chi connectivity index (χ0n) is 17.1. The predicted octanol–water partition coefficient (Wildman–Crippen LogP) is 4.45. The minimum Gasteiger partial charge on any atom is -0.466 e. The average Bonchev–Trinajstić information content (AvgIpc) is 2.88. The molecule has 4 nitrogen and oxygen atoms in total. The normalized spacial score (nSPS) is 46.3. The molecule has 5 heteroatoms. The summed E-state index contributed by atoms with van der Waals surface area (Å²) in [6, 6.07) is 0. The zero-order valence-corrected chi connectivity index (χ0v) is 18.6. The number of carbonyl (C=O) groups excluding carboxylic acids is 1. The quantitative estimate of drug-likeness (QED) is 0.480. The Bertz CT molecular complexity index is 512. The molecule has 7 atom stereocenters. The summed E-state index contributed by atoms with van der Waals surface area (Å²) in [6.45, 7) is 10.6. The van der Waals surface area contributed by atoms with E-state index in [0.29, 0.717) is 24.9 Å². The lowest BCUT2D eigenvalue weighted by Crippen LogP contribution is -2.57. The molecule has 0 amide bonds. The van der Waals surface area contributed by atoms with E-state index in [0.717, 1.165) is 38.5 Å². The number of carbonyl (C=O) groups is 1. The van der Waals surface area contributed by atoms with Crippen LogP contribution in [0.4, 0.5) is 0 Å². The van der Waals surface area contributed by atoms with Gasteiger partial charge >= 0.3 is 5.97 Å². The van der Waals surface area contributed by atoms with E-state index in [-0.39, 0.29) is 22.9 Å². The molecule has 2 rings (SSSR count). The molecule has 0 aromatic heterocycles. The molecule has 0 spiro atoms. The Morgan fingerprint density at radius 3 is 2.35 bits per heavy atom. The summed E-state index contributed by atoms with van der Waals surface area (Å²) in [5.41, 5.74) is -0.138. The molecule has 2 N–H and O–H groups in total. The monoisotopic (exact) mass is 432 g/mol. The topological polar surface area (TPSA) is 66.8 Å². The first kappa shape index (κ1) is 22.2. The number of esters is 1. The van der Waals surface area contributed by atoms with E-state index in [1.54, 1.807) is 0 Å². The summed E-state index contributed by atoms with van der Waals surface area (Å²) in [6.07, 6.45) is 5.50. The maximum atomic E-state index is 11.1. The third-order valence-corrected chi connectivity index (χ3v) is 9.89. The minimum absolute atomic E-state index is 0.0525. The minimum atomic E-state index is -0.486. The van der Waals surface area contributed by atoms with Gasteiger partial charge in [0.05, 0.1) is 23.1 Å². The van der Waals surface area contributed by atoms with Gasteiger partial charge in [0, 0.05) is 6.92 Å². The van der Waals surface area contributed by atoms with Gasteiger partial charge in [0.2, 0.25) is 0 Å². The van der Waals surface area contributed by atoms with Gasteiger partial charge < -0.3 is 14.9 Å². The maximum Gasteiger partial charge on any atom is 0.302 e. The van der Waals surface area contributed by atoms with Gasteiger partial charge in [-0.3, -0.25) is 4.79 Å². The zero-order chi connectivity index (χ0) is 19.8. The van der Waals surface area contributed by atoms with Crippen LogP contribution in [0.15, 0.2) is 0 Å². The molecular formula is C21H37BrO4. The number of rotatable bonds is 6. The van der Waals surface area contributed by atoms with E-state index in [4.69, 9.17) is 4.74 Å². The molecule has 0 radical (unpaired) electrons. The third kappa shape index (κ3) is 3.73. The molecule has 0 bridgehead atoms. The molecule has 0 aromatic rings. The van der Waals surface area contributed by atoms with Crippen LogP contribution in [0.3, 0.4) is 0 Å². The second-order valence-corrected chi connectivity index (χ2v) is 10.6. The second-order valence-electron chi connectivity index (χ2n) is 9.14. The second kappa shape index (κ2) is 8.08. The van der Waals surface area contributed by atoms with Gasteiger partial charge in [0.15, 0.2) is 0 Å². The Balaban J connectivity index is 2.22. The fraction of sp³-hybridized carbons (Fsp3) is 0.952. The number of aliphatic hydroxyl groups excluding tert-OH is 2. The highest BCUT2D eigenvalue weighted by Crippen LogP contribution is 2.60. The maximum absolute atomic E-state index is 11.1. The van der Waals surface area contributed by atoms with E-state index < -0.39 is 10.4 Å². The number of hydrogen-bond acceptors (Lipinski definition) is 4. The fourth-order valence-corrected chi connectivity index (χ4v) is 6.57. The smallest absolute Gasteiger partial charge is 0.302 e. The molecule has 2 aliphatic carbocycles. The molecule has 0 heterocycles. The number of aliphatic hydroxyl groups is 2. The van der Waals surface area contributed by atoms with Gasteiger partial charge in [-0.1, -0.05) is 43.6 Å². The number of ether oxygens (including phenoxy) is 1. The Morgan fingerprint density at radius 1 is 1.15 bits per heavy atom. The van der Waals surface area contributed by atoms with Crippen LogP contribution in [0.5, 0.6) is 0 Å². The van der Waals surface area contributed by atoms with Crippen molar-refractivity contribution >= 4 is 21.9 Å². The molecule has 3 unspecified atom stereocenters. The van der Waals surface area contributed by atoms with Gasteiger partial charge in [-0.25, -0.2) is 0 Å². The van der Waals surface area contributed by atoms with Crippen molar-refractivity contribution in [1.82, 2.24) is 0 Å². The predicted molar refractivity (Wildman–Crippen MR) is 107 cm³/mol. The van der Waals surface area contributed by atoms with Crippen molar-refractivity contribution in [2.45, 2.75) is 96.1 Å². The third-order valence-electron chi connectivity index (χ3n) is 8.01. The number of hydrogen-bond donors (Lipinski definition) is 2. The van der Waals surface area contributed by atoms with Gasteiger partial charge in [-0.05, 0) is 67.6 Å². The fourth-order valence-electron chi connectivity index (χ4n) is 5.78. The Kier molecular flexibility index (Phi) is 6.89. The van der Waals surface area contributed by atoms with E-state index in [9.17, 15) is 15.0 Å². The van der Waals surface area contributed by atoms with E-state index in [1.165, 1.54) is 6.92 Å². The highest BCUT2D eigenvalue weighted by atomic mass is 79.9. The summed E-state index contributed by atoms with van der Waals surface area (Å²) < 4.78 is 4.73. The first-order valence-electron chi connectivity index (χ1n) is 10.2. The van der Waals surface area contributed by atoms with Crippen LogP contribution < -0.4 is 0 Å². The van der Waals surface area contributed by atoms with Crippen molar-refractivity contribution in [1.29, 1.82) is 0 Å². The summed E-state index contributed by atoms with van der Waals surface area (Å²) in [7, 11) is 0. The molecule has 26 heavy (non-hydrogen) atoms. The Morgan fingerprint density at radius 2 is 1.81 bits per heavy atom. The molecule has 0 saturated heterocycles. The molecule has 152 valence electrons. The average molecular weight is 433 g/mol. The highest BCUT2D eigenvalue weighted by Gasteiger charge is 2.58. The van der Waals surface area contributed by atoms with Crippen LogP contribution in [0.25, 0.3) is 0 Å². The molecule has 2 aliphatic rings. The molecule has 2 saturated carbocycles. The van der Waals surface area contributed by atoms with Crippen LogP contribution in [-0.4, -0.2) is 39.3 Å². The van der Waals surface area contributed by atoms with E-state index in [2.05, 4.69) is 43.6 Å². The van der Waals surface area contributed by atoms with E-state index in [1.807, 2.05) is 0 Å². The van der Waals surface area contributed by atoms with Crippen molar-refractivity contribution in [3.63, 3.8) is 0 Å². The highest BCUT2D eigenvalue weighted by molar-refractivity contribution is 9.10. The molecule has 0 aromatic carbocycles. The van der Waals surface area contributed by atoms with E-state index >= 15 is 0 Å². The van der Waals surface area contributed by atoms with Crippen molar-refractivity contribution in [3.05, 3.63) is 0 Å². The summed E-state index contributed by atoms with van der Waals surface area (Å²) in [5.74, 6) is 0.589. The lowest BCUT2D eigenvalue weighted by atomic mass is 9.55. The number of alkyl halides is 1.